The summed E-state index contributed by atoms with van der Waals surface area (Å²) < 4.78 is 7.33. The van der Waals surface area contributed by atoms with Crippen LogP contribution in [0.4, 0.5) is 5.95 Å². The Labute approximate surface area is 171 Å². The van der Waals surface area contributed by atoms with E-state index in [0.29, 0.717) is 28.7 Å². The van der Waals surface area contributed by atoms with Crippen molar-refractivity contribution in [1.29, 1.82) is 0 Å². The number of anilines is 1. The number of ether oxygens (including phenoxy) is 1. The Morgan fingerprint density at radius 3 is 2.66 bits per heavy atom. The minimum atomic E-state index is -1.22. The summed E-state index contributed by atoms with van der Waals surface area (Å²) >= 11 is 1.54. The fourth-order valence-corrected chi connectivity index (χ4v) is 4.23. The largest absolute Gasteiger partial charge is 0.394 e. The number of hydrogen-bond acceptors (Lipinski definition) is 9. The minimum absolute atomic E-state index is 0.398. The first kappa shape index (κ1) is 20.0. The molecule has 4 atom stereocenters. The van der Waals surface area contributed by atoms with Crippen LogP contribution < -0.4 is 5.32 Å². The lowest BCUT2D eigenvalue weighted by Crippen LogP contribution is -2.33. The monoisotopic (exact) mass is 417 g/mol. The molecule has 1 aliphatic heterocycles. The zero-order valence-corrected chi connectivity index (χ0v) is 16.7. The Kier molecular flexibility index (Phi) is 5.97. The van der Waals surface area contributed by atoms with Crippen LogP contribution in [0.3, 0.4) is 0 Å². The number of fused-ring (bicyclic) bond motifs is 1. The fourth-order valence-electron chi connectivity index (χ4n) is 3.34. The summed E-state index contributed by atoms with van der Waals surface area (Å²) in [5, 5.41) is 33.9. The van der Waals surface area contributed by atoms with Crippen LogP contribution in [-0.2, 0) is 10.5 Å². The molecule has 2 aromatic heterocycles. The van der Waals surface area contributed by atoms with E-state index in [4.69, 9.17) is 4.74 Å². The Balaban J connectivity index is 1.72. The molecule has 3 aromatic rings. The van der Waals surface area contributed by atoms with Crippen LogP contribution in [0, 0.1) is 0 Å². The van der Waals surface area contributed by atoms with E-state index < -0.39 is 31.1 Å². The Morgan fingerprint density at radius 1 is 1.17 bits per heavy atom. The first-order valence-electron chi connectivity index (χ1n) is 9.40. The van der Waals surface area contributed by atoms with Crippen molar-refractivity contribution in [1.82, 2.24) is 19.5 Å². The van der Waals surface area contributed by atoms with Gasteiger partial charge in [0.05, 0.1) is 6.61 Å². The third-order valence-corrected chi connectivity index (χ3v) is 5.82. The maximum atomic E-state index is 10.5. The van der Waals surface area contributed by atoms with E-state index in [2.05, 4.69) is 20.3 Å². The van der Waals surface area contributed by atoms with Gasteiger partial charge < -0.3 is 25.4 Å². The van der Waals surface area contributed by atoms with Gasteiger partial charge in [-0.1, -0.05) is 42.1 Å². The van der Waals surface area contributed by atoms with Crippen molar-refractivity contribution in [3.8, 4) is 0 Å². The van der Waals surface area contributed by atoms with Gasteiger partial charge in [0.2, 0.25) is 5.95 Å². The normalized spacial score (nSPS) is 24.3. The Hall–Kier alpha value is -2.24. The molecule has 3 heterocycles. The average molecular weight is 417 g/mol. The maximum Gasteiger partial charge on any atom is 0.207 e. The van der Waals surface area contributed by atoms with Gasteiger partial charge in [0.25, 0.3) is 0 Å². The van der Waals surface area contributed by atoms with E-state index >= 15 is 0 Å². The number of nitrogens with zero attached hydrogens (tertiary/aromatic N) is 4. The van der Waals surface area contributed by atoms with Crippen LogP contribution in [0.15, 0.2) is 41.7 Å². The second kappa shape index (κ2) is 8.64. The van der Waals surface area contributed by atoms with Crippen LogP contribution in [0.2, 0.25) is 0 Å². The third kappa shape index (κ3) is 3.81. The second-order valence-electron chi connectivity index (χ2n) is 6.69. The number of nitrogens with one attached hydrogen (secondary N) is 1. The van der Waals surface area contributed by atoms with Crippen molar-refractivity contribution in [3.05, 3.63) is 42.2 Å². The lowest BCUT2D eigenvalue weighted by atomic mass is 10.1. The van der Waals surface area contributed by atoms with Gasteiger partial charge in [0.15, 0.2) is 11.9 Å². The van der Waals surface area contributed by atoms with E-state index in [1.807, 2.05) is 37.3 Å². The number of imidazole rings is 1. The fraction of sp³-hybridized carbons (Fsp3) is 0.421. The second-order valence-corrected chi connectivity index (χ2v) is 7.65. The van der Waals surface area contributed by atoms with Crippen LogP contribution in [0.1, 0.15) is 18.7 Å². The summed E-state index contributed by atoms with van der Waals surface area (Å²) in [6.45, 7) is 2.13. The van der Waals surface area contributed by atoms with Gasteiger partial charge in [-0.3, -0.25) is 4.57 Å². The minimum Gasteiger partial charge on any atom is -0.394 e. The lowest BCUT2D eigenvalue weighted by Gasteiger charge is -2.19. The standard InChI is InChI=1S/C19H23N5O4S/c1-2-20-19-23-13-16(24(19)18-15(27)14(26)12(8-25)28-18)21-10-22-17(13)29-9-11-6-4-3-5-7-11/h3-7,10,12,14-15,18,25-27H,2,8-9H2,1H3,(H,20,23)/t12-,14-,15-,18?/m1/s1. The molecule has 0 amide bonds. The molecule has 10 heteroatoms. The van der Waals surface area contributed by atoms with Crippen molar-refractivity contribution in [2.45, 2.75) is 42.2 Å². The van der Waals surface area contributed by atoms with Crippen LogP contribution in [0.25, 0.3) is 11.2 Å². The number of rotatable bonds is 7. The number of hydrogen-bond donors (Lipinski definition) is 4. The predicted molar refractivity (Wildman–Crippen MR) is 108 cm³/mol. The van der Waals surface area contributed by atoms with Crippen molar-refractivity contribution in [2.75, 3.05) is 18.5 Å². The summed E-state index contributed by atoms with van der Waals surface area (Å²) in [5.74, 6) is 1.18. The number of aliphatic hydroxyl groups excluding tert-OH is 3. The topological polar surface area (TPSA) is 126 Å². The third-order valence-electron chi connectivity index (χ3n) is 4.77. The maximum absolute atomic E-state index is 10.5. The zero-order valence-electron chi connectivity index (χ0n) is 15.8. The number of aromatic nitrogens is 4. The van der Waals surface area contributed by atoms with Gasteiger partial charge in [-0.2, -0.15) is 0 Å². The van der Waals surface area contributed by atoms with Crippen molar-refractivity contribution in [3.63, 3.8) is 0 Å². The molecule has 29 heavy (non-hydrogen) atoms. The first-order valence-corrected chi connectivity index (χ1v) is 10.4. The lowest BCUT2D eigenvalue weighted by molar-refractivity contribution is -0.0501. The average Bonchev–Trinajstić information content (AvgIpc) is 3.24. The van der Waals surface area contributed by atoms with Crippen LogP contribution >= 0.6 is 11.8 Å². The summed E-state index contributed by atoms with van der Waals surface area (Å²) in [5.41, 5.74) is 2.24. The van der Waals surface area contributed by atoms with Gasteiger partial charge in [-0.05, 0) is 12.5 Å². The van der Waals surface area contributed by atoms with E-state index in [-0.39, 0.29) is 0 Å². The highest BCUT2D eigenvalue weighted by Crippen LogP contribution is 2.36. The zero-order chi connectivity index (χ0) is 20.4. The van der Waals surface area contributed by atoms with E-state index in [0.717, 1.165) is 5.75 Å². The SMILES string of the molecule is CCNc1nc2c(SCc3ccccc3)ncnc2n1C1O[C@H](CO)[C@@H](O)[C@H]1O. The highest BCUT2D eigenvalue weighted by atomic mass is 32.2. The highest BCUT2D eigenvalue weighted by molar-refractivity contribution is 7.98. The van der Waals surface area contributed by atoms with Crippen molar-refractivity contribution >= 4 is 28.9 Å². The molecule has 9 nitrogen and oxygen atoms in total. The smallest absolute Gasteiger partial charge is 0.207 e. The molecule has 0 saturated carbocycles. The van der Waals surface area contributed by atoms with Crippen molar-refractivity contribution < 1.29 is 20.1 Å². The summed E-state index contributed by atoms with van der Waals surface area (Å²) in [6, 6.07) is 10.1. The molecule has 154 valence electrons. The Morgan fingerprint density at radius 2 is 1.97 bits per heavy atom. The highest BCUT2D eigenvalue weighted by Gasteiger charge is 2.45. The summed E-state index contributed by atoms with van der Waals surface area (Å²) in [4.78, 5) is 13.4. The summed E-state index contributed by atoms with van der Waals surface area (Å²) in [7, 11) is 0. The van der Waals surface area contributed by atoms with Gasteiger partial charge >= 0.3 is 0 Å². The number of thioether (sulfide) groups is 1. The van der Waals surface area contributed by atoms with Crippen LogP contribution in [0.5, 0.6) is 0 Å². The van der Waals surface area contributed by atoms with E-state index in [9.17, 15) is 15.3 Å². The molecule has 0 radical (unpaired) electrons. The summed E-state index contributed by atoms with van der Waals surface area (Å²) in [6.07, 6.45) is -2.79. The van der Waals surface area contributed by atoms with Gasteiger partial charge in [-0.25, -0.2) is 15.0 Å². The number of benzene rings is 1. The van der Waals surface area contributed by atoms with Gasteiger partial charge in [0.1, 0.15) is 35.2 Å². The molecule has 1 unspecified atom stereocenters. The Bertz CT molecular complexity index is 970. The molecule has 4 rings (SSSR count). The molecule has 1 saturated heterocycles. The molecule has 1 aliphatic rings. The molecule has 0 bridgehead atoms. The predicted octanol–water partition coefficient (Wildman–Crippen LogP) is 1.16. The van der Waals surface area contributed by atoms with E-state index in [1.165, 1.54) is 11.9 Å². The van der Waals surface area contributed by atoms with Gasteiger partial charge in [-0.15, -0.1) is 0 Å². The van der Waals surface area contributed by atoms with Crippen molar-refractivity contribution in [2.24, 2.45) is 0 Å². The molecule has 1 fully saturated rings. The van der Waals surface area contributed by atoms with E-state index in [1.54, 1.807) is 16.3 Å². The molecule has 1 aromatic carbocycles. The molecular weight excluding hydrogens is 394 g/mol. The molecule has 0 spiro atoms. The molecule has 0 aliphatic carbocycles. The molecular formula is C19H23N5O4S. The quantitative estimate of drug-likeness (QED) is 0.331. The van der Waals surface area contributed by atoms with Crippen LogP contribution in [-0.4, -0.2) is 66.3 Å². The van der Waals surface area contributed by atoms with Gasteiger partial charge in [0, 0.05) is 12.3 Å². The number of aliphatic hydroxyl groups is 3. The molecule has 4 N–H and O–H groups in total. The first-order chi connectivity index (χ1) is 14.1.